The van der Waals surface area contributed by atoms with Crippen LogP contribution in [0.15, 0.2) is 0 Å². The molecule has 0 aromatic heterocycles. The number of amides is 1. The van der Waals surface area contributed by atoms with E-state index in [4.69, 9.17) is 10.5 Å². The lowest BCUT2D eigenvalue weighted by molar-refractivity contribution is -0.121. The zero-order valence-electron chi connectivity index (χ0n) is 11.0. The maximum atomic E-state index is 11.2. The second-order valence-corrected chi connectivity index (χ2v) is 4.43. The minimum atomic E-state index is -0.376. The molecule has 0 aromatic carbocycles. The highest BCUT2D eigenvalue weighted by Gasteiger charge is 2.19. The zero-order valence-corrected chi connectivity index (χ0v) is 11.0. The van der Waals surface area contributed by atoms with Crippen LogP contribution in [-0.2, 0) is 9.53 Å². The van der Waals surface area contributed by atoms with Gasteiger partial charge in [-0.2, -0.15) is 0 Å². The summed E-state index contributed by atoms with van der Waals surface area (Å²) in [4.78, 5) is 11.2. The number of ether oxygens (including phenoxy) is 1. The van der Waals surface area contributed by atoms with Crippen molar-refractivity contribution < 1.29 is 9.53 Å². The molecule has 0 fully saturated rings. The minimum Gasteiger partial charge on any atom is -0.383 e. The Hall–Kier alpha value is -0.610. The highest BCUT2D eigenvalue weighted by molar-refractivity contribution is 5.80. The molecule has 0 radical (unpaired) electrons. The molecule has 4 heteroatoms. The fourth-order valence-electron chi connectivity index (χ4n) is 1.67. The van der Waals surface area contributed by atoms with Crippen molar-refractivity contribution in [2.75, 3.05) is 13.7 Å². The third kappa shape index (κ3) is 6.08. The molecule has 0 bridgehead atoms. The molecule has 0 saturated carbocycles. The molecule has 3 atom stereocenters. The first-order valence-corrected chi connectivity index (χ1v) is 6.09. The van der Waals surface area contributed by atoms with E-state index in [2.05, 4.69) is 26.1 Å². The van der Waals surface area contributed by atoms with Gasteiger partial charge in [0.2, 0.25) is 5.91 Å². The maximum absolute atomic E-state index is 11.2. The number of carbonyl (C=O) groups excluding carboxylic acids is 1. The van der Waals surface area contributed by atoms with Gasteiger partial charge in [-0.05, 0) is 18.8 Å². The number of hydrogen-bond donors (Lipinski definition) is 2. The molecular formula is C12H26N2O2. The number of nitrogens with one attached hydrogen (secondary N) is 1. The Morgan fingerprint density at radius 2 is 2.00 bits per heavy atom. The van der Waals surface area contributed by atoms with Gasteiger partial charge in [0.05, 0.1) is 6.61 Å². The summed E-state index contributed by atoms with van der Waals surface area (Å²) in [6.45, 7) is 6.86. The highest BCUT2D eigenvalue weighted by Crippen LogP contribution is 2.12. The molecule has 3 unspecified atom stereocenters. The third-order valence-electron chi connectivity index (χ3n) is 2.99. The smallest absolute Gasteiger partial charge is 0.236 e. The van der Waals surface area contributed by atoms with Crippen LogP contribution >= 0.6 is 0 Å². The Morgan fingerprint density at radius 3 is 2.38 bits per heavy atom. The van der Waals surface area contributed by atoms with E-state index in [1.54, 1.807) is 7.11 Å². The second-order valence-electron chi connectivity index (χ2n) is 4.43. The molecule has 4 nitrogen and oxygen atoms in total. The Kier molecular flexibility index (Phi) is 8.21. The zero-order chi connectivity index (χ0) is 12.6. The van der Waals surface area contributed by atoms with Crippen LogP contribution < -0.4 is 11.1 Å². The first-order chi connectivity index (χ1) is 7.54. The predicted octanol–water partition coefficient (Wildman–Crippen LogP) is 1.29. The van der Waals surface area contributed by atoms with Crippen LogP contribution in [0.1, 0.15) is 40.0 Å². The number of carbonyl (C=O) groups is 1. The fraction of sp³-hybridized carbons (Fsp3) is 0.917. The molecular weight excluding hydrogens is 204 g/mol. The fourth-order valence-corrected chi connectivity index (χ4v) is 1.67. The predicted molar refractivity (Wildman–Crippen MR) is 66.1 cm³/mol. The number of methoxy groups -OCH3 is 1. The molecule has 0 heterocycles. The quantitative estimate of drug-likeness (QED) is 0.627. The van der Waals surface area contributed by atoms with Crippen LogP contribution in [0, 0.1) is 5.92 Å². The summed E-state index contributed by atoms with van der Waals surface area (Å²) in [7, 11) is 1.58. The lowest BCUT2D eigenvalue weighted by Crippen LogP contribution is -2.49. The number of hydrogen-bond acceptors (Lipinski definition) is 3. The monoisotopic (exact) mass is 230 g/mol. The van der Waals surface area contributed by atoms with Crippen molar-refractivity contribution in [1.29, 1.82) is 0 Å². The molecule has 0 saturated heterocycles. The standard InChI is InChI=1S/C12H26N2O2/c1-5-9(3)7-10(6-2)14-11(8-16-4)12(13)15/h9-11,14H,5-8H2,1-4H3,(H2,13,15). The number of rotatable bonds is 9. The molecule has 1 amide bonds. The van der Waals surface area contributed by atoms with Crippen LogP contribution in [0.25, 0.3) is 0 Å². The molecule has 0 aromatic rings. The van der Waals surface area contributed by atoms with E-state index in [0.29, 0.717) is 18.6 Å². The molecule has 0 rings (SSSR count). The van der Waals surface area contributed by atoms with Crippen LogP contribution in [0.5, 0.6) is 0 Å². The second kappa shape index (κ2) is 8.53. The van der Waals surface area contributed by atoms with E-state index < -0.39 is 0 Å². The van der Waals surface area contributed by atoms with E-state index >= 15 is 0 Å². The average molecular weight is 230 g/mol. The van der Waals surface area contributed by atoms with Gasteiger partial charge in [0.1, 0.15) is 6.04 Å². The lowest BCUT2D eigenvalue weighted by atomic mass is 9.97. The van der Waals surface area contributed by atoms with Crippen molar-refractivity contribution in [2.24, 2.45) is 11.7 Å². The summed E-state index contributed by atoms with van der Waals surface area (Å²) in [6, 6.07) is -0.0402. The van der Waals surface area contributed by atoms with E-state index in [9.17, 15) is 4.79 Å². The summed E-state index contributed by atoms with van der Waals surface area (Å²) < 4.78 is 4.98. The maximum Gasteiger partial charge on any atom is 0.236 e. The summed E-state index contributed by atoms with van der Waals surface area (Å²) in [5, 5.41) is 3.27. The molecule has 0 aliphatic rings. The van der Waals surface area contributed by atoms with Crippen LogP contribution in [-0.4, -0.2) is 31.7 Å². The molecule has 0 aliphatic heterocycles. The van der Waals surface area contributed by atoms with Gasteiger partial charge in [-0.15, -0.1) is 0 Å². The van der Waals surface area contributed by atoms with Crippen molar-refractivity contribution in [3.05, 3.63) is 0 Å². The SMILES string of the molecule is CCC(C)CC(CC)NC(COC)C(N)=O. The van der Waals surface area contributed by atoms with E-state index in [0.717, 1.165) is 19.3 Å². The molecule has 96 valence electrons. The Balaban J connectivity index is 4.20. The number of primary amides is 1. The Bertz CT molecular complexity index is 197. The molecule has 16 heavy (non-hydrogen) atoms. The van der Waals surface area contributed by atoms with Crippen molar-refractivity contribution in [2.45, 2.75) is 52.1 Å². The van der Waals surface area contributed by atoms with E-state index in [1.807, 2.05) is 0 Å². The lowest BCUT2D eigenvalue weighted by Gasteiger charge is -2.24. The molecule has 3 N–H and O–H groups in total. The van der Waals surface area contributed by atoms with Gasteiger partial charge >= 0.3 is 0 Å². The van der Waals surface area contributed by atoms with Gasteiger partial charge in [0, 0.05) is 13.2 Å². The number of nitrogens with two attached hydrogens (primary N) is 1. The van der Waals surface area contributed by atoms with Crippen LogP contribution in [0.3, 0.4) is 0 Å². The molecule has 0 spiro atoms. The first kappa shape index (κ1) is 15.4. The topological polar surface area (TPSA) is 64.3 Å². The summed E-state index contributed by atoms with van der Waals surface area (Å²) in [6.07, 6.45) is 3.22. The summed E-state index contributed by atoms with van der Waals surface area (Å²) in [5.41, 5.74) is 5.31. The van der Waals surface area contributed by atoms with Gasteiger partial charge < -0.3 is 15.8 Å². The third-order valence-corrected chi connectivity index (χ3v) is 2.99. The van der Waals surface area contributed by atoms with Gasteiger partial charge in [0.15, 0.2) is 0 Å². The van der Waals surface area contributed by atoms with Crippen molar-refractivity contribution in [3.63, 3.8) is 0 Å². The highest BCUT2D eigenvalue weighted by atomic mass is 16.5. The van der Waals surface area contributed by atoms with Crippen LogP contribution in [0.2, 0.25) is 0 Å². The van der Waals surface area contributed by atoms with E-state index in [-0.39, 0.29) is 11.9 Å². The van der Waals surface area contributed by atoms with E-state index in [1.165, 1.54) is 0 Å². The average Bonchev–Trinajstić information content (AvgIpc) is 2.26. The van der Waals surface area contributed by atoms with Crippen LogP contribution in [0.4, 0.5) is 0 Å². The summed E-state index contributed by atoms with van der Waals surface area (Å²) in [5.74, 6) is 0.318. The van der Waals surface area contributed by atoms with Gasteiger partial charge in [-0.3, -0.25) is 4.79 Å². The van der Waals surface area contributed by atoms with Gasteiger partial charge in [0.25, 0.3) is 0 Å². The van der Waals surface area contributed by atoms with Crippen molar-refractivity contribution in [1.82, 2.24) is 5.32 Å². The normalized spacial score (nSPS) is 16.8. The van der Waals surface area contributed by atoms with Crippen molar-refractivity contribution in [3.8, 4) is 0 Å². The Labute approximate surface area is 98.9 Å². The summed E-state index contributed by atoms with van der Waals surface area (Å²) >= 11 is 0. The first-order valence-electron chi connectivity index (χ1n) is 6.09. The Morgan fingerprint density at radius 1 is 1.38 bits per heavy atom. The van der Waals surface area contributed by atoms with Gasteiger partial charge in [-0.1, -0.05) is 27.2 Å². The van der Waals surface area contributed by atoms with Gasteiger partial charge in [-0.25, -0.2) is 0 Å². The largest absolute Gasteiger partial charge is 0.383 e. The molecule has 0 aliphatic carbocycles. The minimum absolute atomic E-state index is 0.336. The van der Waals surface area contributed by atoms with Crippen molar-refractivity contribution >= 4 is 5.91 Å².